The molecule has 0 spiro atoms. The van der Waals surface area contributed by atoms with Gasteiger partial charge in [-0.1, -0.05) is 15.9 Å². The summed E-state index contributed by atoms with van der Waals surface area (Å²) in [7, 11) is -3.65. The Hall–Kier alpha value is -0.960. The molecule has 1 saturated heterocycles. The third-order valence-corrected chi connectivity index (χ3v) is 4.81. The second-order valence-corrected chi connectivity index (χ2v) is 6.98. The molecule has 1 fully saturated rings. The number of halogens is 1. The van der Waals surface area contributed by atoms with Crippen molar-refractivity contribution in [1.29, 1.82) is 0 Å². The van der Waals surface area contributed by atoms with E-state index in [-0.39, 0.29) is 16.5 Å². The summed E-state index contributed by atoms with van der Waals surface area (Å²) < 4.78 is 27.5. The van der Waals surface area contributed by atoms with E-state index < -0.39 is 15.9 Å². The van der Waals surface area contributed by atoms with Crippen LogP contribution in [-0.2, 0) is 10.0 Å². The fraction of sp³-hybridized carbons (Fsp3) is 0.364. The summed E-state index contributed by atoms with van der Waals surface area (Å²) in [5.74, 6) is -0.666. The fourth-order valence-corrected chi connectivity index (χ4v) is 3.89. The minimum absolute atomic E-state index is 0.0302. The molecule has 19 heavy (non-hydrogen) atoms. The van der Waals surface area contributed by atoms with Gasteiger partial charge in [-0.05, 0) is 31.2 Å². The molecule has 6 nitrogen and oxygen atoms in total. The highest BCUT2D eigenvalue weighted by atomic mass is 79.9. The van der Waals surface area contributed by atoms with Gasteiger partial charge in [-0.3, -0.25) is 4.79 Å². The van der Waals surface area contributed by atoms with Crippen LogP contribution in [0.4, 0.5) is 0 Å². The summed E-state index contributed by atoms with van der Waals surface area (Å²) in [5, 5.41) is 3.08. The molecule has 1 aromatic carbocycles. The molecule has 2 rings (SSSR count). The van der Waals surface area contributed by atoms with Gasteiger partial charge in [0.15, 0.2) is 0 Å². The second-order valence-electron chi connectivity index (χ2n) is 4.35. The average Bonchev–Trinajstić information content (AvgIpc) is 2.80. The van der Waals surface area contributed by atoms with Crippen LogP contribution in [-0.4, -0.2) is 33.5 Å². The third-order valence-electron chi connectivity index (χ3n) is 2.85. The molecule has 4 N–H and O–H groups in total. The number of benzene rings is 1. The number of nitrogens with two attached hydrogens (primary N) is 1. The van der Waals surface area contributed by atoms with E-state index in [9.17, 15) is 13.2 Å². The van der Waals surface area contributed by atoms with Crippen LogP contribution in [0, 0.1) is 0 Å². The zero-order valence-electron chi connectivity index (χ0n) is 10.0. The average molecular weight is 348 g/mol. The number of sulfonamides is 1. The van der Waals surface area contributed by atoms with Crippen molar-refractivity contribution < 1.29 is 13.2 Å². The molecule has 1 aromatic rings. The number of rotatable bonds is 4. The number of amides is 1. The van der Waals surface area contributed by atoms with Crippen LogP contribution < -0.4 is 15.8 Å². The fourth-order valence-electron chi connectivity index (χ4n) is 1.90. The number of nitrogens with one attached hydrogen (secondary N) is 2. The maximum Gasteiger partial charge on any atom is 0.248 e. The van der Waals surface area contributed by atoms with Crippen LogP contribution in [0.1, 0.15) is 16.8 Å². The van der Waals surface area contributed by atoms with Gasteiger partial charge in [0.25, 0.3) is 0 Å². The molecule has 1 unspecified atom stereocenters. The quantitative estimate of drug-likeness (QED) is 0.723. The van der Waals surface area contributed by atoms with Crippen LogP contribution in [0.5, 0.6) is 0 Å². The predicted octanol–water partition coefficient (Wildman–Crippen LogP) is 0.188. The van der Waals surface area contributed by atoms with Crippen LogP contribution in [0.3, 0.4) is 0 Å². The van der Waals surface area contributed by atoms with E-state index in [1.165, 1.54) is 18.2 Å². The summed E-state index contributed by atoms with van der Waals surface area (Å²) in [6.45, 7) is 1.40. The van der Waals surface area contributed by atoms with Crippen molar-refractivity contribution in [2.45, 2.75) is 17.4 Å². The molecular weight excluding hydrogens is 334 g/mol. The van der Waals surface area contributed by atoms with E-state index in [1.807, 2.05) is 0 Å². The van der Waals surface area contributed by atoms with Gasteiger partial charge in [-0.15, -0.1) is 0 Å². The van der Waals surface area contributed by atoms with Gasteiger partial charge in [-0.25, -0.2) is 13.1 Å². The van der Waals surface area contributed by atoms with E-state index in [4.69, 9.17) is 5.73 Å². The first-order valence-electron chi connectivity index (χ1n) is 5.72. The van der Waals surface area contributed by atoms with E-state index >= 15 is 0 Å². The van der Waals surface area contributed by atoms with Crippen molar-refractivity contribution in [2.24, 2.45) is 5.73 Å². The number of carbonyl (C=O) groups excluding carboxylic acids is 1. The smallest absolute Gasteiger partial charge is 0.248 e. The van der Waals surface area contributed by atoms with Gasteiger partial charge < -0.3 is 11.1 Å². The molecular formula is C11H14BrN3O3S. The molecule has 0 aliphatic carbocycles. The van der Waals surface area contributed by atoms with Gasteiger partial charge in [0, 0.05) is 22.6 Å². The Kier molecular flexibility index (Phi) is 4.24. The summed E-state index contributed by atoms with van der Waals surface area (Å²) >= 11 is 3.17. The number of hydrogen-bond acceptors (Lipinski definition) is 4. The first-order chi connectivity index (χ1) is 8.88. The monoisotopic (exact) mass is 347 g/mol. The van der Waals surface area contributed by atoms with Crippen molar-refractivity contribution in [3.05, 3.63) is 28.2 Å². The van der Waals surface area contributed by atoms with Crippen molar-refractivity contribution >= 4 is 31.9 Å². The Morgan fingerprint density at radius 2 is 2.16 bits per heavy atom. The van der Waals surface area contributed by atoms with Crippen molar-refractivity contribution in [3.63, 3.8) is 0 Å². The van der Waals surface area contributed by atoms with Crippen molar-refractivity contribution in [3.8, 4) is 0 Å². The van der Waals surface area contributed by atoms with Crippen LogP contribution >= 0.6 is 15.9 Å². The lowest BCUT2D eigenvalue weighted by Crippen LogP contribution is -2.36. The van der Waals surface area contributed by atoms with E-state index in [1.54, 1.807) is 0 Å². The zero-order chi connectivity index (χ0) is 14.0. The molecule has 1 heterocycles. The van der Waals surface area contributed by atoms with Crippen molar-refractivity contribution in [2.75, 3.05) is 13.1 Å². The van der Waals surface area contributed by atoms with Gasteiger partial charge in [0.1, 0.15) is 0 Å². The molecule has 8 heteroatoms. The molecule has 1 amide bonds. The molecule has 0 saturated carbocycles. The molecule has 104 valence electrons. The maximum atomic E-state index is 12.2. The van der Waals surface area contributed by atoms with Crippen LogP contribution in [0.25, 0.3) is 0 Å². The van der Waals surface area contributed by atoms with Gasteiger partial charge in [0.05, 0.1) is 4.90 Å². The normalized spacial score (nSPS) is 19.5. The minimum Gasteiger partial charge on any atom is -0.366 e. The van der Waals surface area contributed by atoms with Crippen LogP contribution in [0.2, 0.25) is 0 Å². The highest BCUT2D eigenvalue weighted by molar-refractivity contribution is 9.10. The first kappa shape index (κ1) is 14.4. The third kappa shape index (κ3) is 3.53. The Labute approximate surface area is 119 Å². The molecule has 0 radical (unpaired) electrons. The molecule has 0 bridgehead atoms. The van der Waals surface area contributed by atoms with Crippen molar-refractivity contribution in [1.82, 2.24) is 10.0 Å². The number of carbonyl (C=O) groups is 1. The topological polar surface area (TPSA) is 101 Å². The van der Waals surface area contributed by atoms with Gasteiger partial charge in [-0.2, -0.15) is 0 Å². The molecule has 1 aliphatic heterocycles. The SMILES string of the molecule is NC(=O)c1cc(Br)cc(S(=O)(=O)NC2CCNC2)c1. The maximum absolute atomic E-state index is 12.2. The Morgan fingerprint density at radius 1 is 1.42 bits per heavy atom. The lowest BCUT2D eigenvalue weighted by molar-refractivity contribution is 0.1000. The summed E-state index contributed by atoms with van der Waals surface area (Å²) in [6.07, 6.45) is 0.746. The second kappa shape index (κ2) is 5.58. The number of primary amides is 1. The minimum atomic E-state index is -3.65. The van der Waals surface area contributed by atoms with E-state index in [2.05, 4.69) is 26.0 Å². The molecule has 1 aliphatic rings. The van der Waals surface area contributed by atoms with Crippen LogP contribution in [0.15, 0.2) is 27.6 Å². The highest BCUT2D eigenvalue weighted by Crippen LogP contribution is 2.20. The lowest BCUT2D eigenvalue weighted by Gasteiger charge is -2.12. The first-order valence-corrected chi connectivity index (χ1v) is 7.99. The summed E-state index contributed by atoms with van der Waals surface area (Å²) in [4.78, 5) is 11.2. The Morgan fingerprint density at radius 3 is 2.74 bits per heavy atom. The standard InChI is InChI=1S/C11H14BrN3O3S/c12-8-3-7(11(13)16)4-10(5-8)19(17,18)15-9-1-2-14-6-9/h3-5,9,14-15H,1-2,6H2,(H2,13,16). The van der Waals surface area contributed by atoms with Gasteiger partial charge in [0.2, 0.25) is 15.9 Å². The Bertz CT molecular complexity index is 597. The largest absolute Gasteiger partial charge is 0.366 e. The summed E-state index contributed by atoms with van der Waals surface area (Å²) in [6, 6.07) is 4.08. The molecule has 0 aromatic heterocycles. The van der Waals surface area contributed by atoms with E-state index in [0.29, 0.717) is 11.0 Å². The lowest BCUT2D eigenvalue weighted by atomic mass is 10.2. The highest BCUT2D eigenvalue weighted by Gasteiger charge is 2.23. The van der Waals surface area contributed by atoms with Gasteiger partial charge >= 0.3 is 0 Å². The number of hydrogen-bond donors (Lipinski definition) is 3. The molecule has 1 atom stereocenters. The van der Waals surface area contributed by atoms with E-state index in [0.717, 1.165) is 13.0 Å². The Balaban J connectivity index is 2.31. The summed E-state index contributed by atoms with van der Waals surface area (Å²) in [5.41, 5.74) is 5.33. The predicted molar refractivity (Wildman–Crippen MR) is 74.3 cm³/mol. The zero-order valence-corrected chi connectivity index (χ0v) is 12.4.